The molecule has 0 amide bonds. The number of ether oxygens (including phenoxy) is 1. The van der Waals surface area contributed by atoms with Crippen LogP contribution in [0.4, 0.5) is 0 Å². The van der Waals surface area contributed by atoms with Crippen molar-refractivity contribution in [2.75, 3.05) is 39.4 Å². The van der Waals surface area contributed by atoms with Crippen LogP contribution in [0.15, 0.2) is 4.52 Å². The van der Waals surface area contributed by atoms with E-state index < -0.39 is 0 Å². The van der Waals surface area contributed by atoms with Crippen LogP contribution in [-0.2, 0) is 4.74 Å². The van der Waals surface area contributed by atoms with Gasteiger partial charge < -0.3 is 14.6 Å². The van der Waals surface area contributed by atoms with E-state index in [1.54, 1.807) is 0 Å². The largest absolute Gasteiger partial charge is 0.381 e. The van der Waals surface area contributed by atoms with Crippen molar-refractivity contribution >= 4 is 0 Å². The van der Waals surface area contributed by atoms with Crippen molar-refractivity contribution in [1.82, 2.24) is 20.4 Å². The molecular weight excluding hydrogens is 232 g/mol. The van der Waals surface area contributed by atoms with Gasteiger partial charge in [0.15, 0.2) is 5.82 Å². The highest BCUT2D eigenvalue weighted by molar-refractivity contribution is 4.99. The average Bonchev–Trinajstić information content (AvgIpc) is 3.09. The zero-order chi connectivity index (χ0) is 12.4. The first-order valence-corrected chi connectivity index (χ1v) is 6.70. The van der Waals surface area contributed by atoms with E-state index in [0.29, 0.717) is 12.5 Å². The van der Waals surface area contributed by atoms with Crippen LogP contribution in [0.5, 0.6) is 0 Å². The van der Waals surface area contributed by atoms with Crippen molar-refractivity contribution < 1.29 is 9.26 Å². The van der Waals surface area contributed by atoms with E-state index in [2.05, 4.69) is 27.3 Å². The van der Waals surface area contributed by atoms with Gasteiger partial charge in [0.05, 0.1) is 18.6 Å². The highest BCUT2D eigenvalue weighted by Crippen LogP contribution is 2.25. The minimum Gasteiger partial charge on any atom is -0.381 e. The van der Waals surface area contributed by atoms with Gasteiger partial charge in [0.25, 0.3) is 0 Å². The molecule has 0 radical (unpaired) electrons. The maximum Gasteiger partial charge on any atom is 0.232 e. The zero-order valence-electron chi connectivity index (χ0n) is 10.8. The first-order valence-electron chi connectivity index (χ1n) is 6.70. The molecule has 2 aliphatic rings. The van der Waals surface area contributed by atoms with Gasteiger partial charge in [0.1, 0.15) is 0 Å². The molecule has 2 fully saturated rings. The van der Waals surface area contributed by atoms with Crippen LogP contribution >= 0.6 is 0 Å². The molecule has 0 saturated carbocycles. The molecule has 100 valence electrons. The fourth-order valence-electron chi connectivity index (χ4n) is 2.54. The quantitative estimate of drug-likeness (QED) is 0.847. The molecule has 0 bridgehead atoms. The summed E-state index contributed by atoms with van der Waals surface area (Å²) in [6.07, 6.45) is 0.990. The van der Waals surface area contributed by atoms with Crippen LogP contribution in [-0.4, -0.2) is 54.4 Å². The van der Waals surface area contributed by atoms with Gasteiger partial charge >= 0.3 is 0 Å². The molecule has 2 aliphatic heterocycles. The SMILES string of the molecule is CC(c1noc(C2CCOC2)n1)N1CCNCC1. The van der Waals surface area contributed by atoms with Gasteiger partial charge in [-0.2, -0.15) is 4.98 Å². The summed E-state index contributed by atoms with van der Waals surface area (Å²) >= 11 is 0. The Morgan fingerprint density at radius 1 is 1.39 bits per heavy atom. The summed E-state index contributed by atoms with van der Waals surface area (Å²) in [5.41, 5.74) is 0. The van der Waals surface area contributed by atoms with Crippen molar-refractivity contribution in [1.29, 1.82) is 0 Å². The molecule has 2 unspecified atom stereocenters. The molecule has 2 atom stereocenters. The topological polar surface area (TPSA) is 63.4 Å². The van der Waals surface area contributed by atoms with E-state index in [1.807, 2.05) is 0 Å². The molecule has 0 aliphatic carbocycles. The standard InChI is InChI=1S/C12H20N4O2/c1-9(16-5-3-13-4-6-16)11-14-12(18-15-11)10-2-7-17-8-10/h9-10,13H,2-8H2,1H3. The molecule has 3 heterocycles. The molecule has 3 rings (SSSR count). The van der Waals surface area contributed by atoms with Gasteiger partial charge in [-0.1, -0.05) is 5.16 Å². The van der Waals surface area contributed by atoms with Gasteiger partial charge in [-0.25, -0.2) is 0 Å². The smallest absolute Gasteiger partial charge is 0.232 e. The van der Waals surface area contributed by atoms with Gasteiger partial charge in [0, 0.05) is 32.8 Å². The molecule has 1 N–H and O–H groups in total. The van der Waals surface area contributed by atoms with E-state index in [4.69, 9.17) is 9.26 Å². The maximum atomic E-state index is 5.38. The van der Waals surface area contributed by atoms with Gasteiger partial charge in [-0.05, 0) is 13.3 Å². The molecule has 2 saturated heterocycles. The third-order valence-electron chi connectivity index (χ3n) is 3.81. The molecule has 1 aromatic rings. The second-order valence-electron chi connectivity index (χ2n) is 5.01. The Kier molecular flexibility index (Phi) is 3.58. The summed E-state index contributed by atoms with van der Waals surface area (Å²) in [4.78, 5) is 6.93. The molecule has 0 spiro atoms. The lowest BCUT2D eigenvalue weighted by Gasteiger charge is -2.30. The van der Waals surface area contributed by atoms with Crippen molar-refractivity contribution in [3.63, 3.8) is 0 Å². The van der Waals surface area contributed by atoms with E-state index in [1.165, 1.54) is 0 Å². The molecule has 18 heavy (non-hydrogen) atoms. The van der Waals surface area contributed by atoms with Crippen LogP contribution in [0.3, 0.4) is 0 Å². The average molecular weight is 252 g/mol. The van der Waals surface area contributed by atoms with Crippen molar-refractivity contribution in [2.45, 2.75) is 25.3 Å². The van der Waals surface area contributed by atoms with Crippen LogP contribution in [0, 0.1) is 0 Å². The fourth-order valence-corrected chi connectivity index (χ4v) is 2.54. The van der Waals surface area contributed by atoms with E-state index in [-0.39, 0.29) is 6.04 Å². The highest BCUT2D eigenvalue weighted by Gasteiger charge is 2.27. The van der Waals surface area contributed by atoms with Crippen LogP contribution in [0.2, 0.25) is 0 Å². The number of hydrogen-bond acceptors (Lipinski definition) is 6. The lowest BCUT2D eigenvalue weighted by atomic mass is 10.1. The molecule has 1 aromatic heterocycles. The zero-order valence-corrected chi connectivity index (χ0v) is 10.8. The Morgan fingerprint density at radius 2 is 2.22 bits per heavy atom. The number of aromatic nitrogens is 2. The molecular formula is C12H20N4O2. The Hall–Kier alpha value is -0.980. The van der Waals surface area contributed by atoms with Crippen LogP contribution < -0.4 is 5.32 Å². The van der Waals surface area contributed by atoms with Crippen LogP contribution in [0.25, 0.3) is 0 Å². The number of hydrogen-bond donors (Lipinski definition) is 1. The Labute approximate surface area is 107 Å². The minimum atomic E-state index is 0.229. The maximum absolute atomic E-state index is 5.38. The Morgan fingerprint density at radius 3 is 2.94 bits per heavy atom. The first-order chi connectivity index (χ1) is 8.84. The highest BCUT2D eigenvalue weighted by atomic mass is 16.5. The predicted octanol–water partition coefficient (Wildman–Crippen LogP) is 0.540. The number of nitrogens with zero attached hydrogens (tertiary/aromatic N) is 3. The predicted molar refractivity (Wildman–Crippen MR) is 65.3 cm³/mol. The summed E-state index contributed by atoms with van der Waals surface area (Å²) in [6, 6.07) is 0.229. The first kappa shape index (κ1) is 12.1. The van der Waals surface area contributed by atoms with E-state index >= 15 is 0 Å². The third kappa shape index (κ3) is 2.41. The fraction of sp³-hybridized carbons (Fsp3) is 0.833. The lowest BCUT2D eigenvalue weighted by molar-refractivity contribution is 0.176. The molecule has 6 nitrogen and oxygen atoms in total. The summed E-state index contributed by atoms with van der Waals surface area (Å²) in [7, 11) is 0. The Balaban J connectivity index is 1.67. The Bertz CT molecular complexity index is 383. The summed E-state index contributed by atoms with van der Waals surface area (Å²) < 4.78 is 10.7. The van der Waals surface area contributed by atoms with Crippen molar-refractivity contribution in [3.05, 3.63) is 11.7 Å². The van der Waals surface area contributed by atoms with Crippen molar-refractivity contribution in [3.8, 4) is 0 Å². The van der Waals surface area contributed by atoms with E-state index in [9.17, 15) is 0 Å². The van der Waals surface area contributed by atoms with Crippen LogP contribution in [0.1, 0.15) is 37.0 Å². The third-order valence-corrected chi connectivity index (χ3v) is 3.81. The van der Waals surface area contributed by atoms with Crippen molar-refractivity contribution in [2.24, 2.45) is 0 Å². The van der Waals surface area contributed by atoms with Gasteiger partial charge in [-0.15, -0.1) is 0 Å². The molecule has 0 aromatic carbocycles. The number of nitrogens with one attached hydrogen (secondary N) is 1. The van der Waals surface area contributed by atoms with Gasteiger partial charge in [0.2, 0.25) is 5.89 Å². The molecule has 6 heteroatoms. The van der Waals surface area contributed by atoms with E-state index in [0.717, 1.165) is 50.9 Å². The number of rotatable bonds is 3. The normalized spacial score (nSPS) is 27.5. The monoisotopic (exact) mass is 252 g/mol. The summed E-state index contributed by atoms with van der Waals surface area (Å²) in [6.45, 7) is 7.80. The minimum absolute atomic E-state index is 0.229. The second-order valence-corrected chi connectivity index (χ2v) is 5.01. The number of piperazine rings is 1. The lowest BCUT2D eigenvalue weighted by Crippen LogP contribution is -2.44. The van der Waals surface area contributed by atoms with Gasteiger partial charge in [-0.3, -0.25) is 4.90 Å². The summed E-state index contributed by atoms with van der Waals surface area (Å²) in [5, 5.41) is 7.48. The summed E-state index contributed by atoms with van der Waals surface area (Å²) in [5.74, 6) is 1.84. The second kappa shape index (κ2) is 5.34.